The number of likely N-dealkylation sites (tertiary alicyclic amines) is 1. The lowest BCUT2D eigenvalue weighted by Gasteiger charge is -2.46. The number of hydrogen-bond acceptors (Lipinski definition) is 15. The second-order valence-corrected chi connectivity index (χ2v) is 28.7. The molecule has 5 atom stereocenters. The van der Waals surface area contributed by atoms with Gasteiger partial charge in [-0.3, -0.25) is 43.2 Å². The molecule has 4 aromatic carbocycles. The molecular formula is C79H92FN11O13. The SMILES string of the molecule is CC[C@@]1(O)C(=O)OCC2=C1C=C1c3nc4cc(F)c(C)c5c4c(c3CN1C2)[C@@H](NC(=O)CNC(=O)CNC(=O)[C@H](Cc1ccccc1)NC(=O)CNC(=O)CNC(=O)CC(C)OCCC(C)C(=O)N1CCC2(CCC(C(=O)NCCC(=O)N3Cc4ccccc4/C=C\c4ccccc43)CC2)CC1)CC5. The summed E-state index contributed by atoms with van der Waals surface area (Å²) in [4.78, 5) is 144. The predicted molar refractivity (Wildman–Crippen MR) is 386 cm³/mol. The average Bonchev–Trinajstić information content (AvgIpc) is 1.49. The van der Waals surface area contributed by atoms with Gasteiger partial charge >= 0.3 is 5.97 Å². The fraction of sp³-hybridized carbons (Fsp3) is 0.456. The minimum absolute atomic E-state index is 0.0118. The van der Waals surface area contributed by atoms with E-state index in [-0.39, 0.29) is 80.4 Å². The Morgan fingerprint density at radius 3 is 2.18 bits per heavy atom. The molecule has 548 valence electrons. The van der Waals surface area contributed by atoms with Crippen molar-refractivity contribution < 1.29 is 66.9 Å². The number of ether oxygens (including phenoxy) is 2. The zero-order chi connectivity index (χ0) is 73.4. The Morgan fingerprint density at radius 1 is 0.760 bits per heavy atom. The van der Waals surface area contributed by atoms with Crippen molar-refractivity contribution in [1.82, 2.24) is 52.0 Å². The van der Waals surface area contributed by atoms with E-state index in [1.807, 2.05) is 71.3 Å². The average molecular weight is 1420 g/mol. The maximum atomic E-state index is 15.5. The molecule has 12 rings (SSSR count). The van der Waals surface area contributed by atoms with Crippen LogP contribution in [-0.2, 0) is 83.4 Å². The molecule has 25 heteroatoms. The topological polar surface area (TPSA) is 316 Å². The summed E-state index contributed by atoms with van der Waals surface area (Å²) >= 11 is 0. The number of aryl methyl sites for hydroxylation is 1. The molecule has 104 heavy (non-hydrogen) atoms. The molecular weight excluding hydrogens is 1330 g/mol. The first-order valence-electron chi connectivity index (χ1n) is 36.3. The van der Waals surface area contributed by atoms with Crippen LogP contribution in [0.25, 0.3) is 28.8 Å². The van der Waals surface area contributed by atoms with Crippen LogP contribution in [0.1, 0.15) is 148 Å². The van der Waals surface area contributed by atoms with Crippen molar-refractivity contribution in [3.63, 3.8) is 0 Å². The lowest BCUT2D eigenvalue weighted by molar-refractivity contribution is -0.163. The monoisotopic (exact) mass is 1420 g/mol. The van der Waals surface area contributed by atoms with Gasteiger partial charge in [0.1, 0.15) is 18.5 Å². The maximum Gasteiger partial charge on any atom is 0.343 e. The summed E-state index contributed by atoms with van der Waals surface area (Å²) in [6, 6.07) is 24.4. The number of rotatable bonds is 25. The number of pyridine rings is 1. The summed E-state index contributed by atoms with van der Waals surface area (Å²) in [5, 5.41) is 31.1. The van der Waals surface area contributed by atoms with Gasteiger partial charge in [0.15, 0.2) is 5.60 Å². The van der Waals surface area contributed by atoms with Gasteiger partial charge in [-0.25, -0.2) is 14.2 Å². The number of hydrogen-bond donors (Lipinski definition) is 8. The summed E-state index contributed by atoms with van der Waals surface area (Å²) in [5.41, 5.74) is 8.58. The number of aromatic nitrogens is 1. The van der Waals surface area contributed by atoms with E-state index >= 15 is 4.39 Å². The highest BCUT2D eigenvalue weighted by atomic mass is 19.1. The summed E-state index contributed by atoms with van der Waals surface area (Å²) in [6.07, 6.45) is 12.0. The smallest absolute Gasteiger partial charge is 0.343 e. The highest BCUT2D eigenvalue weighted by Crippen LogP contribution is 2.49. The molecule has 1 saturated heterocycles. The van der Waals surface area contributed by atoms with E-state index in [0.29, 0.717) is 85.6 Å². The first-order valence-corrected chi connectivity index (χ1v) is 36.3. The number of esters is 1. The molecule has 2 aliphatic carbocycles. The first kappa shape index (κ1) is 73.6. The molecule has 5 aliphatic heterocycles. The number of nitrogens with zero attached hydrogens (tertiary/aromatic N) is 4. The molecule has 7 aliphatic rings. The van der Waals surface area contributed by atoms with E-state index in [9.17, 15) is 53.1 Å². The zero-order valence-electron chi connectivity index (χ0n) is 59.4. The number of piperidine rings is 1. The summed E-state index contributed by atoms with van der Waals surface area (Å²) < 4.78 is 26.8. The van der Waals surface area contributed by atoms with Crippen molar-refractivity contribution in [1.29, 1.82) is 0 Å². The van der Waals surface area contributed by atoms with Crippen LogP contribution in [0.15, 0.2) is 102 Å². The molecule has 6 heterocycles. The minimum Gasteiger partial charge on any atom is -0.459 e. The summed E-state index contributed by atoms with van der Waals surface area (Å²) in [7, 11) is 0. The number of benzene rings is 4. The van der Waals surface area contributed by atoms with E-state index < -0.39 is 97.2 Å². The Morgan fingerprint density at radius 2 is 1.43 bits per heavy atom. The molecule has 1 aromatic heterocycles. The van der Waals surface area contributed by atoms with Gasteiger partial charge in [-0.15, -0.1) is 0 Å². The maximum absolute atomic E-state index is 15.5. The molecule has 1 saturated carbocycles. The summed E-state index contributed by atoms with van der Waals surface area (Å²) in [6.45, 7) is 8.03. The number of carbonyl (C=O) groups excluding carboxylic acids is 10. The van der Waals surface area contributed by atoms with Crippen molar-refractivity contribution in [2.24, 2.45) is 17.3 Å². The van der Waals surface area contributed by atoms with Crippen LogP contribution >= 0.6 is 0 Å². The Kier molecular flexibility index (Phi) is 22.8. The minimum atomic E-state index is -1.83. The predicted octanol–water partition coefficient (Wildman–Crippen LogP) is 5.99. The first-order chi connectivity index (χ1) is 50.1. The quantitative estimate of drug-likeness (QED) is 0.0311. The third-order valence-corrected chi connectivity index (χ3v) is 21.8. The van der Waals surface area contributed by atoms with Gasteiger partial charge in [-0.2, -0.15) is 0 Å². The van der Waals surface area contributed by atoms with E-state index in [1.54, 1.807) is 57.2 Å². The van der Waals surface area contributed by atoms with Crippen molar-refractivity contribution in [2.75, 3.05) is 70.5 Å². The highest BCUT2D eigenvalue weighted by molar-refractivity contribution is 5.99. The normalized spacial score (nSPS) is 19.7. The van der Waals surface area contributed by atoms with Gasteiger partial charge in [0, 0.05) is 86.6 Å². The number of amides is 9. The molecule has 2 fully saturated rings. The third-order valence-electron chi connectivity index (χ3n) is 21.8. The van der Waals surface area contributed by atoms with E-state index in [2.05, 4.69) is 48.2 Å². The number of aliphatic hydroxyl groups is 1. The summed E-state index contributed by atoms with van der Waals surface area (Å²) in [5.74, 6) is -5.37. The lowest BCUT2D eigenvalue weighted by atomic mass is 9.65. The lowest BCUT2D eigenvalue weighted by Crippen LogP contribution is -2.52. The molecule has 0 radical (unpaired) electrons. The van der Waals surface area contributed by atoms with Gasteiger partial charge < -0.3 is 66.5 Å². The number of halogens is 1. The van der Waals surface area contributed by atoms with Crippen molar-refractivity contribution in [2.45, 2.75) is 148 Å². The molecule has 0 bridgehead atoms. The van der Waals surface area contributed by atoms with Crippen molar-refractivity contribution in [3.8, 4) is 0 Å². The van der Waals surface area contributed by atoms with Gasteiger partial charge in [0.25, 0.3) is 0 Å². The number of para-hydroxylation sites is 1. The number of fused-ring (bicyclic) bond motifs is 6. The zero-order valence-corrected chi connectivity index (χ0v) is 59.4. The van der Waals surface area contributed by atoms with E-state index in [4.69, 9.17) is 14.5 Å². The highest BCUT2D eigenvalue weighted by Gasteiger charge is 2.48. The van der Waals surface area contributed by atoms with Crippen molar-refractivity contribution in [3.05, 3.63) is 158 Å². The van der Waals surface area contributed by atoms with Crippen LogP contribution < -0.4 is 42.1 Å². The van der Waals surface area contributed by atoms with E-state index in [1.165, 1.54) is 6.07 Å². The number of cyclic esters (lactones) is 1. The third kappa shape index (κ3) is 16.6. The van der Waals surface area contributed by atoms with Crippen LogP contribution in [-0.4, -0.2) is 162 Å². The molecule has 9 amide bonds. The Labute approximate surface area is 603 Å². The van der Waals surface area contributed by atoms with Crippen LogP contribution in [0.3, 0.4) is 0 Å². The fourth-order valence-corrected chi connectivity index (χ4v) is 15.7. The Hall–Kier alpha value is -10.1. The molecule has 2 unspecified atom stereocenters. The second-order valence-electron chi connectivity index (χ2n) is 28.7. The van der Waals surface area contributed by atoms with Crippen LogP contribution in [0.4, 0.5) is 10.1 Å². The Bertz CT molecular complexity index is 4290. The Balaban J connectivity index is 0.530. The second kappa shape index (κ2) is 32.3. The molecule has 8 N–H and O–H groups in total. The number of carbonyl (C=O) groups is 10. The standard InChI is InChI=1S/C79H92FN11O13/c1-5-79(102)58-37-64-73-57(45-90(64)43-55(58)46-104-77(79)101)72-60(22-21-56-49(4)59(80)38-61(88-73)71(56)72)86-68(95)41-84-67(94)40-85-75(99)62(36-50-13-7-6-8-14-50)87-69(96)42-83-66(93)39-82-65(92)35-48(3)103-34-26-47(2)76(100)89-32-29-78(30-33-89)27-23-53(24-28-78)74(98)81-31-25-70(97)91-44-54-17-10-9-15-51(54)19-20-52-16-11-12-18-63(52)91/h6-20,37-38,47-48,53,60,62,102H,5,21-36,39-46H2,1-4H3,(H,81,98)(H,82,92)(H,83,93)(H,84,94)(H,85,99)(H,86,95)(H,87,96)/b20-19-/t47?,48?,60-,62-,79-/m0/s1. The van der Waals surface area contributed by atoms with Gasteiger partial charge in [-0.1, -0.05) is 98.8 Å². The van der Waals surface area contributed by atoms with E-state index in [0.717, 1.165) is 88.6 Å². The van der Waals surface area contributed by atoms with Crippen LogP contribution in [0, 0.1) is 30.0 Å². The van der Waals surface area contributed by atoms with Gasteiger partial charge in [0.2, 0.25) is 53.2 Å². The molecule has 24 nitrogen and oxygen atoms in total. The van der Waals surface area contributed by atoms with Gasteiger partial charge in [-0.05, 0) is 140 Å². The molecule has 1 spiro atoms. The largest absolute Gasteiger partial charge is 0.459 e. The molecule has 5 aromatic rings. The van der Waals surface area contributed by atoms with Crippen LogP contribution in [0.2, 0.25) is 0 Å². The van der Waals surface area contributed by atoms with Crippen molar-refractivity contribution >= 4 is 93.6 Å². The fourth-order valence-electron chi connectivity index (χ4n) is 15.7. The number of nitrogens with one attached hydrogen (secondary N) is 7. The number of anilines is 1. The van der Waals surface area contributed by atoms with Crippen LogP contribution in [0.5, 0.6) is 0 Å². The van der Waals surface area contributed by atoms with Gasteiger partial charge in [0.05, 0.1) is 73.9 Å².